The Hall–Kier alpha value is -0.340. The summed E-state index contributed by atoms with van der Waals surface area (Å²) in [4.78, 5) is 0. The monoisotopic (exact) mass is 281 g/mol. The van der Waals surface area contributed by atoms with E-state index < -0.39 is 0 Å². The minimum atomic E-state index is 0.511. The van der Waals surface area contributed by atoms with E-state index in [4.69, 9.17) is 0 Å². The van der Waals surface area contributed by atoms with E-state index in [1.54, 1.807) is 0 Å². The molecule has 1 aliphatic carbocycles. The van der Waals surface area contributed by atoms with Crippen molar-refractivity contribution in [2.45, 2.75) is 38.6 Å². The zero-order valence-electron chi connectivity index (χ0n) is 10.1. The molecule has 1 aromatic rings. The molecule has 16 heavy (non-hydrogen) atoms. The first-order chi connectivity index (χ1) is 7.72. The lowest BCUT2D eigenvalue weighted by Gasteiger charge is -2.24. The third kappa shape index (κ3) is 2.49. The van der Waals surface area contributed by atoms with Gasteiger partial charge in [-0.05, 0) is 44.4 Å². The highest BCUT2D eigenvalue weighted by Gasteiger charge is 2.26. The first kappa shape index (κ1) is 12.1. The van der Waals surface area contributed by atoms with Crippen LogP contribution in [0.1, 0.15) is 42.9 Å². The smallest absolute Gasteiger partial charge is 0.0357 e. The standard InChI is InChI=1S/C14H20BrN/c1-10-7-8-13(15)12(9-10)14(16-2)11-5-3-4-6-11/h7-9,11,14,16H,3-6H2,1-2H3. The Morgan fingerprint density at radius 1 is 1.31 bits per heavy atom. The highest BCUT2D eigenvalue weighted by Crippen LogP contribution is 2.38. The summed E-state index contributed by atoms with van der Waals surface area (Å²) in [7, 11) is 2.08. The van der Waals surface area contributed by atoms with Gasteiger partial charge in [0.25, 0.3) is 0 Å². The lowest BCUT2D eigenvalue weighted by Crippen LogP contribution is -2.24. The predicted molar refractivity (Wildman–Crippen MR) is 72.6 cm³/mol. The van der Waals surface area contributed by atoms with E-state index in [-0.39, 0.29) is 0 Å². The van der Waals surface area contributed by atoms with Crippen molar-refractivity contribution in [3.8, 4) is 0 Å². The van der Waals surface area contributed by atoms with Gasteiger partial charge >= 0.3 is 0 Å². The maximum atomic E-state index is 3.68. The van der Waals surface area contributed by atoms with E-state index in [0.29, 0.717) is 6.04 Å². The molecule has 1 unspecified atom stereocenters. The van der Waals surface area contributed by atoms with Crippen LogP contribution < -0.4 is 5.32 Å². The van der Waals surface area contributed by atoms with Gasteiger partial charge in [0, 0.05) is 10.5 Å². The van der Waals surface area contributed by atoms with Crippen LogP contribution in [0.25, 0.3) is 0 Å². The fourth-order valence-corrected chi connectivity index (χ4v) is 3.33. The quantitative estimate of drug-likeness (QED) is 0.875. The molecular formula is C14H20BrN. The van der Waals surface area contributed by atoms with Crippen LogP contribution >= 0.6 is 15.9 Å². The van der Waals surface area contributed by atoms with Gasteiger partial charge in [-0.2, -0.15) is 0 Å². The highest BCUT2D eigenvalue weighted by molar-refractivity contribution is 9.10. The van der Waals surface area contributed by atoms with Crippen molar-refractivity contribution in [3.05, 3.63) is 33.8 Å². The number of rotatable bonds is 3. The Kier molecular flexibility index (Phi) is 4.04. The van der Waals surface area contributed by atoms with E-state index in [1.165, 1.54) is 41.3 Å². The van der Waals surface area contributed by atoms with Gasteiger partial charge < -0.3 is 5.32 Å². The summed E-state index contributed by atoms with van der Waals surface area (Å²) in [6.07, 6.45) is 5.52. The molecule has 2 heteroatoms. The van der Waals surface area contributed by atoms with Crippen LogP contribution in [0, 0.1) is 12.8 Å². The van der Waals surface area contributed by atoms with Gasteiger partial charge in [0.1, 0.15) is 0 Å². The molecule has 1 N–H and O–H groups in total. The molecule has 1 fully saturated rings. The molecular weight excluding hydrogens is 262 g/mol. The second-order valence-electron chi connectivity index (χ2n) is 4.84. The molecule has 1 saturated carbocycles. The van der Waals surface area contributed by atoms with Crippen LogP contribution in [0.5, 0.6) is 0 Å². The summed E-state index contributed by atoms with van der Waals surface area (Å²) >= 11 is 3.68. The molecule has 0 aliphatic heterocycles. The van der Waals surface area contributed by atoms with E-state index >= 15 is 0 Å². The van der Waals surface area contributed by atoms with Gasteiger partial charge in [-0.15, -0.1) is 0 Å². The molecule has 0 heterocycles. The van der Waals surface area contributed by atoms with Crippen molar-refractivity contribution in [2.75, 3.05) is 7.05 Å². The average molecular weight is 282 g/mol. The second-order valence-corrected chi connectivity index (χ2v) is 5.69. The molecule has 0 saturated heterocycles. The lowest BCUT2D eigenvalue weighted by atomic mass is 9.91. The van der Waals surface area contributed by atoms with Crippen molar-refractivity contribution in [3.63, 3.8) is 0 Å². The minimum Gasteiger partial charge on any atom is -0.313 e. The number of halogens is 1. The summed E-state index contributed by atoms with van der Waals surface area (Å²) in [5, 5.41) is 3.50. The maximum Gasteiger partial charge on any atom is 0.0357 e. The maximum absolute atomic E-state index is 3.68. The summed E-state index contributed by atoms with van der Waals surface area (Å²) in [5.41, 5.74) is 2.77. The zero-order valence-corrected chi connectivity index (χ0v) is 11.7. The van der Waals surface area contributed by atoms with Crippen LogP contribution in [-0.4, -0.2) is 7.05 Å². The van der Waals surface area contributed by atoms with Crippen LogP contribution in [0.4, 0.5) is 0 Å². The van der Waals surface area contributed by atoms with Crippen LogP contribution in [-0.2, 0) is 0 Å². The molecule has 0 amide bonds. The first-order valence-electron chi connectivity index (χ1n) is 6.15. The van der Waals surface area contributed by atoms with Gasteiger partial charge in [-0.25, -0.2) is 0 Å². The molecule has 1 nitrogen and oxygen atoms in total. The summed E-state index contributed by atoms with van der Waals surface area (Å²) in [6.45, 7) is 2.16. The molecule has 1 aromatic carbocycles. The fraction of sp³-hybridized carbons (Fsp3) is 0.571. The third-order valence-electron chi connectivity index (χ3n) is 3.67. The van der Waals surface area contributed by atoms with Crippen molar-refractivity contribution >= 4 is 15.9 Å². The normalized spacial score (nSPS) is 18.9. The largest absolute Gasteiger partial charge is 0.313 e. The van der Waals surface area contributed by atoms with Gasteiger partial charge in [0.2, 0.25) is 0 Å². The Morgan fingerprint density at radius 3 is 2.62 bits per heavy atom. The molecule has 0 radical (unpaired) electrons. The van der Waals surface area contributed by atoms with E-state index in [0.717, 1.165) is 5.92 Å². The van der Waals surface area contributed by atoms with Gasteiger partial charge in [-0.3, -0.25) is 0 Å². The Bertz CT molecular complexity index is 356. The Labute approximate surface area is 107 Å². The summed E-state index contributed by atoms with van der Waals surface area (Å²) in [5.74, 6) is 0.808. The number of nitrogens with one attached hydrogen (secondary N) is 1. The predicted octanol–water partition coefficient (Wildman–Crippen LogP) is 4.21. The molecule has 0 bridgehead atoms. The molecule has 88 valence electrons. The highest BCUT2D eigenvalue weighted by atomic mass is 79.9. The average Bonchev–Trinajstić information content (AvgIpc) is 2.78. The number of benzene rings is 1. The Balaban J connectivity index is 2.28. The van der Waals surface area contributed by atoms with Crippen LogP contribution in [0.2, 0.25) is 0 Å². The summed E-state index contributed by atoms with van der Waals surface area (Å²) < 4.78 is 1.24. The Morgan fingerprint density at radius 2 is 2.00 bits per heavy atom. The van der Waals surface area contributed by atoms with Crippen molar-refractivity contribution in [1.29, 1.82) is 0 Å². The van der Waals surface area contributed by atoms with E-state index in [2.05, 4.69) is 53.4 Å². The SMILES string of the molecule is CNC(c1cc(C)ccc1Br)C1CCCC1. The van der Waals surface area contributed by atoms with Crippen LogP contribution in [0.3, 0.4) is 0 Å². The van der Waals surface area contributed by atoms with Gasteiger partial charge in [0.15, 0.2) is 0 Å². The topological polar surface area (TPSA) is 12.0 Å². The van der Waals surface area contributed by atoms with Crippen LogP contribution in [0.15, 0.2) is 22.7 Å². The zero-order chi connectivity index (χ0) is 11.5. The van der Waals surface area contributed by atoms with E-state index in [9.17, 15) is 0 Å². The number of hydrogen-bond acceptors (Lipinski definition) is 1. The number of hydrogen-bond donors (Lipinski definition) is 1. The van der Waals surface area contributed by atoms with Crippen molar-refractivity contribution in [1.82, 2.24) is 5.32 Å². The van der Waals surface area contributed by atoms with Gasteiger partial charge in [0.05, 0.1) is 0 Å². The fourth-order valence-electron chi connectivity index (χ4n) is 2.84. The van der Waals surface area contributed by atoms with Crippen molar-refractivity contribution < 1.29 is 0 Å². The minimum absolute atomic E-state index is 0.511. The van der Waals surface area contributed by atoms with Crippen molar-refractivity contribution in [2.24, 2.45) is 5.92 Å². The third-order valence-corrected chi connectivity index (χ3v) is 4.39. The lowest BCUT2D eigenvalue weighted by molar-refractivity contribution is 0.389. The van der Waals surface area contributed by atoms with Gasteiger partial charge in [-0.1, -0.05) is 46.5 Å². The molecule has 2 rings (SSSR count). The molecule has 0 aromatic heterocycles. The summed E-state index contributed by atoms with van der Waals surface area (Å²) in [6, 6.07) is 7.15. The molecule has 0 spiro atoms. The second kappa shape index (κ2) is 5.33. The van der Waals surface area contributed by atoms with E-state index in [1.807, 2.05) is 0 Å². The molecule has 1 aliphatic rings. The molecule has 1 atom stereocenters. The number of aryl methyl sites for hydroxylation is 1. The first-order valence-corrected chi connectivity index (χ1v) is 6.95.